The van der Waals surface area contributed by atoms with Crippen LogP contribution in [0.5, 0.6) is 0 Å². The van der Waals surface area contributed by atoms with Crippen LogP contribution in [0.3, 0.4) is 0 Å². The molecule has 0 aromatic heterocycles. The van der Waals surface area contributed by atoms with E-state index in [0.29, 0.717) is 34.2 Å². The SMILES string of the molecule is O=C(NCCSCc1c(F)cccc1Cl)c1ccc([N+](=O)[O-])cc1. The zero-order valence-corrected chi connectivity index (χ0v) is 14.1. The van der Waals surface area contributed by atoms with Crippen LogP contribution in [0, 0.1) is 15.9 Å². The Labute approximate surface area is 147 Å². The van der Waals surface area contributed by atoms with Crippen molar-refractivity contribution >= 4 is 35.0 Å². The van der Waals surface area contributed by atoms with Gasteiger partial charge in [-0.2, -0.15) is 11.8 Å². The fourth-order valence-electron chi connectivity index (χ4n) is 1.92. The molecule has 126 valence electrons. The number of amides is 1. The third kappa shape index (κ3) is 4.94. The van der Waals surface area contributed by atoms with Crippen LogP contribution in [-0.2, 0) is 5.75 Å². The number of non-ortho nitro benzene ring substituents is 1. The van der Waals surface area contributed by atoms with Crippen LogP contribution in [0.15, 0.2) is 42.5 Å². The molecule has 0 spiro atoms. The highest BCUT2D eigenvalue weighted by atomic mass is 35.5. The zero-order chi connectivity index (χ0) is 17.5. The summed E-state index contributed by atoms with van der Waals surface area (Å²) in [6, 6.07) is 9.92. The average molecular weight is 369 g/mol. The summed E-state index contributed by atoms with van der Waals surface area (Å²) < 4.78 is 13.6. The fourth-order valence-corrected chi connectivity index (χ4v) is 3.12. The quantitative estimate of drug-likeness (QED) is 0.454. The summed E-state index contributed by atoms with van der Waals surface area (Å²) in [6.45, 7) is 0.395. The molecule has 0 aliphatic heterocycles. The largest absolute Gasteiger partial charge is 0.351 e. The summed E-state index contributed by atoms with van der Waals surface area (Å²) in [4.78, 5) is 21.9. The third-order valence-corrected chi connectivity index (χ3v) is 4.52. The summed E-state index contributed by atoms with van der Waals surface area (Å²) in [7, 11) is 0. The van der Waals surface area contributed by atoms with Gasteiger partial charge in [0, 0.05) is 46.3 Å². The van der Waals surface area contributed by atoms with Crippen molar-refractivity contribution in [2.75, 3.05) is 12.3 Å². The molecule has 0 fully saturated rings. The third-order valence-electron chi connectivity index (χ3n) is 3.18. The molecule has 0 bridgehead atoms. The average Bonchev–Trinajstić information content (AvgIpc) is 2.56. The van der Waals surface area contributed by atoms with Gasteiger partial charge in [-0.1, -0.05) is 17.7 Å². The number of hydrogen-bond acceptors (Lipinski definition) is 4. The van der Waals surface area contributed by atoms with Crippen LogP contribution < -0.4 is 5.32 Å². The van der Waals surface area contributed by atoms with E-state index in [-0.39, 0.29) is 17.4 Å². The molecule has 0 aliphatic rings. The molecule has 0 saturated heterocycles. The lowest BCUT2D eigenvalue weighted by Crippen LogP contribution is -2.25. The van der Waals surface area contributed by atoms with Gasteiger partial charge in [0.1, 0.15) is 5.82 Å². The van der Waals surface area contributed by atoms with Crippen LogP contribution in [0.25, 0.3) is 0 Å². The lowest BCUT2D eigenvalue weighted by molar-refractivity contribution is -0.384. The molecule has 0 radical (unpaired) electrons. The summed E-state index contributed by atoms with van der Waals surface area (Å²) >= 11 is 7.39. The van der Waals surface area contributed by atoms with Gasteiger partial charge >= 0.3 is 0 Å². The van der Waals surface area contributed by atoms with E-state index in [1.54, 1.807) is 12.1 Å². The first-order valence-electron chi connectivity index (χ1n) is 7.02. The first kappa shape index (κ1) is 18.2. The van der Waals surface area contributed by atoms with Gasteiger partial charge in [0.05, 0.1) is 4.92 Å². The molecule has 2 rings (SSSR count). The van der Waals surface area contributed by atoms with Crippen molar-refractivity contribution in [3.8, 4) is 0 Å². The smallest absolute Gasteiger partial charge is 0.269 e. The molecular formula is C16H14ClFN2O3S. The minimum Gasteiger partial charge on any atom is -0.351 e. The van der Waals surface area contributed by atoms with Crippen LogP contribution in [0.4, 0.5) is 10.1 Å². The summed E-state index contributed by atoms with van der Waals surface area (Å²) in [5, 5.41) is 13.7. The summed E-state index contributed by atoms with van der Waals surface area (Å²) in [5.41, 5.74) is 0.734. The van der Waals surface area contributed by atoms with Crippen LogP contribution >= 0.6 is 23.4 Å². The van der Waals surface area contributed by atoms with E-state index in [2.05, 4.69) is 5.32 Å². The molecular weight excluding hydrogens is 355 g/mol. The first-order chi connectivity index (χ1) is 11.5. The molecule has 0 aliphatic carbocycles. The predicted octanol–water partition coefficient (Wildman–Crippen LogP) is 4.05. The van der Waals surface area contributed by atoms with Crippen molar-refractivity contribution < 1.29 is 14.1 Å². The summed E-state index contributed by atoms with van der Waals surface area (Å²) in [6.07, 6.45) is 0. The van der Waals surface area contributed by atoms with E-state index in [0.717, 1.165) is 0 Å². The van der Waals surface area contributed by atoms with Crippen molar-refractivity contribution in [2.45, 2.75) is 5.75 Å². The van der Waals surface area contributed by atoms with Crippen LogP contribution in [0.2, 0.25) is 5.02 Å². The number of nitrogens with zero attached hydrogens (tertiary/aromatic N) is 1. The molecule has 24 heavy (non-hydrogen) atoms. The fraction of sp³-hybridized carbons (Fsp3) is 0.188. The van der Waals surface area contributed by atoms with Crippen molar-refractivity contribution in [3.63, 3.8) is 0 Å². The highest BCUT2D eigenvalue weighted by Crippen LogP contribution is 2.23. The van der Waals surface area contributed by atoms with Crippen LogP contribution in [-0.4, -0.2) is 23.1 Å². The second-order valence-corrected chi connectivity index (χ2v) is 6.33. The Hall–Kier alpha value is -2.12. The van der Waals surface area contributed by atoms with Gasteiger partial charge in [0.2, 0.25) is 0 Å². The first-order valence-corrected chi connectivity index (χ1v) is 8.55. The lowest BCUT2D eigenvalue weighted by Gasteiger charge is -2.07. The van der Waals surface area contributed by atoms with Crippen molar-refractivity contribution in [1.82, 2.24) is 5.32 Å². The number of nitro benzene ring substituents is 1. The number of halogens is 2. The lowest BCUT2D eigenvalue weighted by atomic mass is 10.2. The standard InChI is InChI=1S/C16H14ClFN2O3S/c17-14-2-1-3-15(18)13(14)10-24-9-8-19-16(21)11-4-6-12(7-5-11)20(22)23/h1-7H,8-10H2,(H,19,21). The number of hydrogen-bond donors (Lipinski definition) is 1. The second kappa shape index (κ2) is 8.65. The Bertz CT molecular complexity index is 720. The molecule has 0 atom stereocenters. The van der Waals surface area contributed by atoms with Gasteiger partial charge < -0.3 is 5.32 Å². The molecule has 2 aromatic carbocycles. The Morgan fingerprint density at radius 3 is 2.58 bits per heavy atom. The summed E-state index contributed by atoms with van der Waals surface area (Å²) in [5.74, 6) is 0.349. The highest BCUT2D eigenvalue weighted by molar-refractivity contribution is 7.98. The minimum absolute atomic E-state index is 0.0659. The van der Waals surface area contributed by atoms with Gasteiger partial charge in [0.25, 0.3) is 11.6 Å². The second-order valence-electron chi connectivity index (χ2n) is 4.81. The normalized spacial score (nSPS) is 10.4. The van der Waals surface area contributed by atoms with Crippen molar-refractivity contribution in [3.05, 3.63) is 74.5 Å². The molecule has 1 N–H and O–H groups in total. The van der Waals surface area contributed by atoms with Gasteiger partial charge in [-0.05, 0) is 24.3 Å². The van der Waals surface area contributed by atoms with Crippen LogP contribution in [0.1, 0.15) is 15.9 Å². The van der Waals surface area contributed by atoms with E-state index in [1.807, 2.05) is 0 Å². The Morgan fingerprint density at radius 1 is 1.25 bits per heavy atom. The van der Waals surface area contributed by atoms with Crippen molar-refractivity contribution in [2.24, 2.45) is 0 Å². The predicted molar refractivity (Wildman–Crippen MR) is 93.0 cm³/mol. The molecule has 1 amide bonds. The van der Waals surface area contributed by atoms with Gasteiger partial charge in [-0.15, -0.1) is 0 Å². The number of carbonyl (C=O) groups excluding carboxylic acids is 1. The Morgan fingerprint density at radius 2 is 1.96 bits per heavy atom. The molecule has 0 heterocycles. The van der Waals surface area contributed by atoms with Gasteiger partial charge in [-0.25, -0.2) is 4.39 Å². The maximum Gasteiger partial charge on any atom is 0.269 e. The molecule has 5 nitrogen and oxygen atoms in total. The Kier molecular flexibility index (Phi) is 6.57. The highest BCUT2D eigenvalue weighted by Gasteiger charge is 2.09. The van der Waals surface area contributed by atoms with Crippen molar-refractivity contribution in [1.29, 1.82) is 0 Å². The van der Waals surface area contributed by atoms with E-state index >= 15 is 0 Å². The maximum absolute atomic E-state index is 13.6. The van der Waals surface area contributed by atoms with Gasteiger partial charge in [0.15, 0.2) is 0 Å². The van der Waals surface area contributed by atoms with E-state index in [1.165, 1.54) is 42.1 Å². The topological polar surface area (TPSA) is 72.2 Å². The van der Waals surface area contributed by atoms with E-state index in [9.17, 15) is 19.3 Å². The maximum atomic E-state index is 13.6. The van der Waals surface area contributed by atoms with E-state index < -0.39 is 4.92 Å². The molecule has 0 unspecified atom stereocenters. The number of carbonyl (C=O) groups is 1. The molecule has 0 saturated carbocycles. The Balaban J connectivity index is 1.76. The number of rotatable bonds is 7. The number of thioether (sulfide) groups is 1. The monoisotopic (exact) mass is 368 g/mol. The molecule has 2 aromatic rings. The molecule has 8 heteroatoms. The number of nitrogens with one attached hydrogen (secondary N) is 1. The van der Waals surface area contributed by atoms with Gasteiger partial charge in [-0.3, -0.25) is 14.9 Å². The van der Waals surface area contributed by atoms with E-state index in [4.69, 9.17) is 11.6 Å². The number of benzene rings is 2. The minimum atomic E-state index is -0.522. The number of nitro groups is 1. The zero-order valence-electron chi connectivity index (χ0n) is 12.5.